The van der Waals surface area contributed by atoms with Crippen LogP contribution >= 0.6 is 11.6 Å². The zero-order valence-electron chi connectivity index (χ0n) is 15.3. The quantitative estimate of drug-likeness (QED) is 0.812. The summed E-state index contributed by atoms with van der Waals surface area (Å²) in [5.74, 6) is 0.876. The van der Waals surface area contributed by atoms with Crippen LogP contribution in [0.4, 0.5) is 5.95 Å². The largest absolute Gasteiger partial charge is 0.340 e. The highest BCUT2D eigenvalue weighted by molar-refractivity contribution is 6.32. The molecule has 26 heavy (non-hydrogen) atoms. The number of carbonyl (C=O) groups is 1. The molecular formula is C19H22ClN5O. The van der Waals surface area contributed by atoms with Crippen molar-refractivity contribution in [3.63, 3.8) is 0 Å². The number of hydrogen-bond donors (Lipinski definition) is 0. The van der Waals surface area contributed by atoms with Crippen LogP contribution in [0.15, 0.2) is 12.3 Å². The van der Waals surface area contributed by atoms with Crippen LogP contribution in [-0.2, 0) is 17.9 Å². The molecule has 4 heterocycles. The van der Waals surface area contributed by atoms with E-state index in [4.69, 9.17) is 11.6 Å². The standard InChI is InChI=1S/C19H22ClN5O/c1-11-4-6-21-19(22-11)24-7-5-14(8-24)18(26)25-9-15-12(2)17(20)13(3)23-16(15)10-25/h4,6,14H,5,7-10H2,1-3H3. The van der Waals surface area contributed by atoms with Gasteiger partial charge in [0.25, 0.3) is 0 Å². The van der Waals surface area contributed by atoms with Crippen molar-refractivity contribution in [1.82, 2.24) is 19.9 Å². The van der Waals surface area contributed by atoms with Crippen LogP contribution in [0.2, 0.25) is 5.02 Å². The SMILES string of the molecule is Cc1ccnc(N2CCC(C(=O)N3Cc4nc(C)c(Cl)c(C)c4C3)C2)n1. The maximum Gasteiger partial charge on any atom is 0.228 e. The molecule has 1 unspecified atom stereocenters. The zero-order chi connectivity index (χ0) is 18.4. The number of rotatable bonds is 2. The van der Waals surface area contributed by atoms with E-state index in [1.807, 2.05) is 31.7 Å². The molecule has 136 valence electrons. The third-order valence-electron chi connectivity index (χ3n) is 5.35. The minimum atomic E-state index is -0.0229. The van der Waals surface area contributed by atoms with Crippen LogP contribution in [0, 0.1) is 26.7 Å². The van der Waals surface area contributed by atoms with Crippen LogP contribution in [-0.4, -0.2) is 38.8 Å². The van der Waals surface area contributed by atoms with Crippen molar-refractivity contribution in [2.75, 3.05) is 18.0 Å². The van der Waals surface area contributed by atoms with E-state index in [0.29, 0.717) is 30.6 Å². The van der Waals surface area contributed by atoms with Gasteiger partial charge in [-0.25, -0.2) is 9.97 Å². The van der Waals surface area contributed by atoms with Crippen molar-refractivity contribution in [3.05, 3.63) is 45.5 Å². The summed E-state index contributed by atoms with van der Waals surface area (Å²) in [7, 11) is 0. The lowest BCUT2D eigenvalue weighted by Gasteiger charge is -2.20. The van der Waals surface area contributed by atoms with Crippen LogP contribution < -0.4 is 4.90 Å². The first-order valence-corrected chi connectivity index (χ1v) is 9.29. The molecule has 0 radical (unpaired) electrons. The fourth-order valence-corrected chi connectivity index (χ4v) is 4.01. The lowest BCUT2D eigenvalue weighted by molar-refractivity contribution is -0.135. The number of hydrogen-bond acceptors (Lipinski definition) is 5. The van der Waals surface area contributed by atoms with E-state index in [9.17, 15) is 4.79 Å². The van der Waals surface area contributed by atoms with Gasteiger partial charge in [-0.15, -0.1) is 0 Å². The average Bonchev–Trinajstić information content (AvgIpc) is 3.26. The van der Waals surface area contributed by atoms with Gasteiger partial charge < -0.3 is 9.80 Å². The number of nitrogens with zero attached hydrogens (tertiary/aromatic N) is 5. The van der Waals surface area contributed by atoms with Gasteiger partial charge in [-0.1, -0.05) is 11.6 Å². The van der Waals surface area contributed by atoms with Gasteiger partial charge in [0.15, 0.2) is 0 Å². The predicted octanol–water partition coefficient (Wildman–Crippen LogP) is 2.82. The lowest BCUT2D eigenvalue weighted by atomic mass is 10.1. The Morgan fingerprint density at radius 1 is 1.23 bits per heavy atom. The first-order valence-electron chi connectivity index (χ1n) is 8.92. The molecular weight excluding hydrogens is 350 g/mol. The molecule has 0 bridgehead atoms. The topological polar surface area (TPSA) is 62.2 Å². The van der Waals surface area contributed by atoms with Gasteiger partial charge in [-0.3, -0.25) is 9.78 Å². The molecule has 1 amide bonds. The molecule has 2 aromatic rings. The summed E-state index contributed by atoms with van der Waals surface area (Å²) < 4.78 is 0. The summed E-state index contributed by atoms with van der Waals surface area (Å²) >= 11 is 6.33. The highest BCUT2D eigenvalue weighted by Gasteiger charge is 2.36. The first kappa shape index (κ1) is 17.2. The summed E-state index contributed by atoms with van der Waals surface area (Å²) in [6.07, 6.45) is 2.60. The van der Waals surface area contributed by atoms with Crippen LogP contribution in [0.3, 0.4) is 0 Å². The molecule has 4 rings (SSSR count). The average molecular weight is 372 g/mol. The van der Waals surface area contributed by atoms with Gasteiger partial charge in [0.2, 0.25) is 11.9 Å². The fraction of sp³-hybridized carbons (Fsp3) is 0.474. The maximum atomic E-state index is 13.0. The predicted molar refractivity (Wildman–Crippen MR) is 100 cm³/mol. The minimum Gasteiger partial charge on any atom is -0.340 e. The number of aromatic nitrogens is 3. The summed E-state index contributed by atoms with van der Waals surface area (Å²) in [5.41, 5.74) is 4.90. The molecule has 0 aromatic carbocycles. The fourth-order valence-electron chi connectivity index (χ4n) is 3.85. The second-order valence-corrected chi connectivity index (χ2v) is 7.56. The molecule has 7 heteroatoms. The molecule has 0 N–H and O–H groups in total. The highest BCUT2D eigenvalue weighted by Crippen LogP contribution is 2.32. The van der Waals surface area contributed by atoms with Crippen molar-refractivity contribution in [3.8, 4) is 0 Å². The minimum absolute atomic E-state index is 0.0229. The Kier molecular flexibility index (Phi) is 4.31. The van der Waals surface area contributed by atoms with Crippen molar-refractivity contribution < 1.29 is 4.79 Å². The lowest BCUT2D eigenvalue weighted by Crippen LogP contribution is -2.34. The molecule has 2 aliphatic heterocycles. The van der Waals surface area contributed by atoms with E-state index in [-0.39, 0.29) is 11.8 Å². The number of carbonyl (C=O) groups excluding carboxylic acids is 1. The highest BCUT2D eigenvalue weighted by atomic mass is 35.5. The van der Waals surface area contributed by atoms with E-state index >= 15 is 0 Å². The van der Waals surface area contributed by atoms with E-state index in [1.54, 1.807) is 6.20 Å². The molecule has 1 fully saturated rings. The smallest absolute Gasteiger partial charge is 0.228 e. The second-order valence-electron chi connectivity index (χ2n) is 7.19. The van der Waals surface area contributed by atoms with Gasteiger partial charge in [0.1, 0.15) is 0 Å². The Hall–Kier alpha value is -2.21. The Morgan fingerprint density at radius 3 is 2.81 bits per heavy atom. The van der Waals surface area contributed by atoms with E-state index in [2.05, 4.69) is 19.9 Å². The van der Waals surface area contributed by atoms with Crippen molar-refractivity contribution in [1.29, 1.82) is 0 Å². The van der Waals surface area contributed by atoms with Gasteiger partial charge in [0.05, 0.1) is 28.9 Å². The zero-order valence-corrected chi connectivity index (χ0v) is 16.0. The third kappa shape index (κ3) is 2.92. The monoisotopic (exact) mass is 371 g/mol. The van der Waals surface area contributed by atoms with Gasteiger partial charge in [-0.2, -0.15) is 0 Å². The third-order valence-corrected chi connectivity index (χ3v) is 5.91. The van der Waals surface area contributed by atoms with Crippen LogP contribution in [0.5, 0.6) is 0 Å². The molecule has 0 saturated carbocycles. The van der Waals surface area contributed by atoms with Crippen LogP contribution in [0.1, 0.15) is 34.6 Å². The summed E-state index contributed by atoms with van der Waals surface area (Å²) in [5, 5.41) is 0.710. The normalized spacial score (nSPS) is 19.2. The molecule has 6 nitrogen and oxygen atoms in total. The summed E-state index contributed by atoms with van der Waals surface area (Å²) in [6, 6.07) is 1.88. The Bertz CT molecular complexity index is 884. The number of fused-ring (bicyclic) bond motifs is 1. The molecule has 0 aliphatic carbocycles. The number of pyridine rings is 1. The first-order chi connectivity index (χ1) is 12.4. The van der Waals surface area contributed by atoms with E-state index in [0.717, 1.165) is 41.2 Å². The van der Waals surface area contributed by atoms with Gasteiger partial charge >= 0.3 is 0 Å². The van der Waals surface area contributed by atoms with Crippen molar-refractivity contribution in [2.45, 2.75) is 40.3 Å². The van der Waals surface area contributed by atoms with Gasteiger partial charge in [0, 0.05) is 31.5 Å². The molecule has 2 aromatic heterocycles. The Labute approximate surface area is 158 Å². The molecule has 2 aliphatic rings. The Balaban J connectivity index is 1.47. The maximum absolute atomic E-state index is 13.0. The van der Waals surface area contributed by atoms with E-state index < -0.39 is 0 Å². The summed E-state index contributed by atoms with van der Waals surface area (Å²) in [4.78, 5) is 30.5. The van der Waals surface area contributed by atoms with Gasteiger partial charge in [-0.05, 0) is 44.4 Å². The molecule has 1 atom stereocenters. The molecule has 1 saturated heterocycles. The van der Waals surface area contributed by atoms with E-state index in [1.165, 1.54) is 0 Å². The second kappa shape index (κ2) is 6.50. The van der Waals surface area contributed by atoms with Crippen molar-refractivity contribution in [2.24, 2.45) is 5.92 Å². The molecule has 0 spiro atoms. The number of amides is 1. The number of halogens is 1. The summed E-state index contributed by atoms with van der Waals surface area (Å²) in [6.45, 7) is 8.53. The van der Waals surface area contributed by atoms with Crippen molar-refractivity contribution >= 4 is 23.5 Å². The Morgan fingerprint density at radius 2 is 2.04 bits per heavy atom. The number of anilines is 1. The van der Waals surface area contributed by atoms with Crippen LogP contribution in [0.25, 0.3) is 0 Å². The number of aryl methyl sites for hydroxylation is 2.